The van der Waals surface area contributed by atoms with Crippen molar-refractivity contribution in [3.05, 3.63) is 77.9 Å². The van der Waals surface area contributed by atoms with Gasteiger partial charge in [0.2, 0.25) is 5.91 Å². The highest BCUT2D eigenvalue weighted by Crippen LogP contribution is 2.29. The quantitative estimate of drug-likeness (QED) is 0.491. The maximum atomic E-state index is 12.9. The number of likely N-dealkylation sites (tertiary alicyclic amines) is 1. The Morgan fingerprint density at radius 2 is 1.79 bits per heavy atom. The standard InChI is InChI=1S/C27H30N2O4/c28-17-20-8-9-22-15-25(11-10-21(22)13-20)33-18-24-14-23(16-26(30)31)27(32)29(24)12-4-7-19-5-2-1-3-6-19/h1-3,5-6,8-11,13,15,23-24H,4,7,12,14,16-18,28H2,(H,30,31)/t23-,24-/m0/s1. The van der Waals surface area contributed by atoms with Crippen LogP contribution < -0.4 is 10.5 Å². The van der Waals surface area contributed by atoms with Crippen LogP contribution in [0.25, 0.3) is 10.8 Å². The van der Waals surface area contributed by atoms with Crippen molar-refractivity contribution in [1.29, 1.82) is 0 Å². The molecule has 1 aliphatic rings. The number of rotatable bonds is 10. The molecule has 2 atom stereocenters. The maximum absolute atomic E-state index is 12.9. The zero-order valence-electron chi connectivity index (χ0n) is 18.7. The van der Waals surface area contributed by atoms with Gasteiger partial charge in [-0.25, -0.2) is 0 Å². The summed E-state index contributed by atoms with van der Waals surface area (Å²) >= 11 is 0. The lowest BCUT2D eigenvalue weighted by Crippen LogP contribution is -2.38. The summed E-state index contributed by atoms with van der Waals surface area (Å²) < 4.78 is 6.09. The van der Waals surface area contributed by atoms with E-state index in [9.17, 15) is 14.7 Å². The minimum absolute atomic E-state index is 0.0770. The molecular weight excluding hydrogens is 416 g/mol. The highest BCUT2D eigenvalue weighted by Gasteiger charge is 2.40. The largest absolute Gasteiger partial charge is 0.491 e. The van der Waals surface area contributed by atoms with Crippen LogP contribution >= 0.6 is 0 Å². The number of hydrogen-bond donors (Lipinski definition) is 2. The van der Waals surface area contributed by atoms with Crippen molar-refractivity contribution in [2.24, 2.45) is 11.7 Å². The first kappa shape index (κ1) is 22.8. The Kier molecular flexibility index (Phi) is 7.25. The fourth-order valence-corrected chi connectivity index (χ4v) is 4.58. The van der Waals surface area contributed by atoms with Gasteiger partial charge in [-0.1, -0.05) is 48.5 Å². The summed E-state index contributed by atoms with van der Waals surface area (Å²) in [5.41, 5.74) is 8.04. The molecule has 1 amide bonds. The van der Waals surface area contributed by atoms with Crippen molar-refractivity contribution >= 4 is 22.6 Å². The zero-order valence-corrected chi connectivity index (χ0v) is 18.7. The number of aryl methyl sites for hydroxylation is 1. The van der Waals surface area contributed by atoms with Gasteiger partial charge >= 0.3 is 5.97 Å². The van der Waals surface area contributed by atoms with Crippen molar-refractivity contribution in [2.75, 3.05) is 13.2 Å². The maximum Gasteiger partial charge on any atom is 0.304 e. The molecule has 6 heteroatoms. The second-order valence-corrected chi connectivity index (χ2v) is 8.66. The van der Waals surface area contributed by atoms with E-state index in [-0.39, 0.29) is 18.4 Å². The fraction of sp³-hybridized carbons (Fsp3) is 0.333. The highest BCUT2D eigenvalue weighted by atomic mass is 16.5. The van der Waals surface area contributed by atoms with Crippen molar-refractivity contribution in [1.82, 2.24) is 4.90 Å². The normalized spacial score (nSPS) is 18.1. The third kappa shape index (κ3) is 5.71. The number of carbonyl (C=O) groups excluding carboxylic acids is 1. The second kappa shape index (κ2) is 10.5. The molecule has 1 aliphatic heterocycles. The molecule has 3 aromatic rings. The zero-order chi connectivity index (χ0) is 23.2. The summed E-state index contributed by atoms with van der Waals surface area (Å²) in [6.07, 6.45) is 2.07. The molecule has 172 valence electrons. The Hall–Kier alpha value is -3.38. The summed E-state index contributed by atoms with van der Waals surface area (Å²) in [4.78, 5) is 26.0. The van der Waals surface area contributed by atoms with Gasteiger partial charge in [-0.2, -0.15) is 0 Å². The number of carboxylic acids is 1. The van der Waals surface area contributed by atoms with E-state index in [1.54, 1.807) is 0 Å². The van der Waals surface area contributed by atoms with Crippen LogP contribution in [0.4, 0.5) is 0 Å². The lowest BCUT2D eigenvalue weighted by molar-refractivity contribution is -0.142. The molecule has 0 radical (unpaired) electrons. The molecule has 0 aromatic heterocycles. The SMILES string of the molecule is NCc1ccc2cc(OC[C@@H]3C[C@@H](CC(=O)O)C(=O)N3CCCc3ccccc3)ccc2c1. The van der Waals surface area contributed by atoms with Crippen molar-refractivity contribution in [3.63, 3.8) is 0 Å². The van der Waals surface area contributed by atoms with Crippen LogP contribution in [0.1, 0.15) is 30.4 Å². The van der Waals surface area contributed by atoms with Crippen LogP contribution in [0.15, 0.2) is 66.7 Å². The fourth-order valence-electron chi connectivity index (χ4n) is 4.58. The molecule has 3 aromatic carbocycles. The number of nitrogens with zero attached hydrogens (tertiary/aromatic N) is 1. The van der Waals surface area contributed by atoms with Gasteiger partial charge in [0.1, 0.15) is 12.4 Å². The van der Waals surface area contributed by atoms with Gasteiger partial charge in [0, 0.05) is 13.1 Å². The van der Waals surface area contributed by atoms with Gasteiger partial charge in [-0.05, 0) is 59.4 Å². The molecule has 0 aliphatic carbocycles. The molecule has 0 spiro atoms. The molecule has 0 saturated carbocycles. The summed E-state index contributed by atoms with van der Waals surface area (Å²) in [6.45, 7) is 1.44. The number of benzene rings is 3. The molecule has 33 heavy (non-hydrogen) atoms. The Labute approximate surface area is 194 Å². The third-order valence-corrected chi connectivity index (χ3v) is 6.31. The Morgan fingerprint density at radius 1 is 1.03 bits per heavy atom. The summed E-state index contributed by atoms with van der Waals surface area (Å²) in [6, 6.07) is 22.1. The Bertz CT molecular complexity index is 1120. The topological polar surface area (TPSA) is 92.9 Å². The minimum Gasteiger partial charge on any atom is -0.491 e. The number of aliphatic carboxylic acids is 1. The van der Waals surface area contributed by atoms with E-state index in [0.717, 1.165) is 34.9 Å². The molecule has 0 bridgehead atoms. The molecule has 4 rings (SSSR count). The number of carbonyl (C=O) groups is 2. The lowest BCUT2D eigenvalue weighted by atomic mass is 10.0. The van der Waals surface area contributed by atoms with E-state index in [1.807, 2.05) is 53.4 Å². The van der Waals surface area contributed by atoms with Gasteiger partial charge in [0.05, 0.1) is 18.4 Å². The number of amides is 1. The van der Waals surface area contributed by atoms with Gasteiger partial charge in [-0.3, -0.25) is 9.59 Å². The van der Waals surface area contributed by atoms with Crippen LogP contribution in [0, 0.1) is 5.92 Å². The van der Waals surface area contributed by atoms with Crippen molar-refractivity contribution < 1.29 is 19.4 Å². The number of fused-ring (bicyclic) bond motifs is 1. The van der Waals surface area contributed by atoms with Crippen LogP contribution in [0.5, 0.6) is 5.75 Å². The Balaban J connectivity index is 1.41. The van der Waals surface area contributed by atoms with E-state index >= 15 is 0 Å². The molecule has 6 nitrogen and oxygen atoms in total. The lowest BCUT2D eigenvalue weighted by Gasteiger charge is -2.25. The molecule has 0 unspecified atom stereocenters. The predicted octanol–water partition coefficient (Wildman–Crippen LogP) is 4.00. The van der Waals surface area contributed by atoms with Gasteiger partial charge < -0.3 is 20.5 Å². The number of carboxylic acid groups (broad SMARTS) is 1. The van der Waals surface area contributed by atoms with E-state index in [0.29, 0.717) is 26.1 Å². The van der Waals surface area contributed by atoms with E-state index in [4.69, 9.17) is 10.5 Å². The van der Waals surface area contributed by atoms with Crippen LogP contribution in [-0.4, -0.2) is 41.1 Å². The average molecular weight is 447 g/mol. The summed E-state index contributed by atoms with van der Waals surface area (Å²) in [5, 5.41) is 11.4. The first-order valence-electron chi connectivity index (χ1n) is 11.5. The monoisotopic (exact) mass is 446 g/mol. The van der Waals surface area contributed by atoms with Crippen LogP contribution in [0.2, 0.25) is 0 Å². The van der Waals surface area contributed by atoms with E-state index in [2.05, 4.69) is 18.2 Å². The van der Waals surface area contributed by atoms with Crippen molar-refractivity contribution in [3.8, 4) is 5.75 Å². The minimum atomic E-state index is -0.939. The number of ether oxygens (including phenoxy) is 1. The first-order chi connectivity index (χ1) is 16.0. The van der Waals surface area contributed by atoms with Crippen LogP contribution in [0.3, 0.4) is 0 Å². The number of hydrogen-bond acceptors (Lipinski definition) is 4. The van der Waals surface area contributed by atoms with E-state index in [1.165, 1.54) is 5.56 Å². The molecule has 1 saturated heterocycles. The van der Waals surface area contributed by atoms with Crippen molar-refractivity contribution in [2.45, 2.75) is 38.3 Å². The van der Waals surface area contributed by atoms with E-state index < -0.39 is 11.9 Å². The van der Waals surface area contributed by atoms with Gasteiger partial charge in [0.15, 0.2) is 0 Å². The molecule has 3 N–H and O–H groups in total. The smallest absolute Gasteiger partial charge is 0.304 e. The summed E-state index contributed by atoms with van der Waals surface area (Å²) in [7, 11) is 0. The number of nitrogens with two attached hydrogens (primary N) is 1. The van der Waals surface area contributed by atoms with Crippen LogP contribution in [-0.2, 0) is 22.6 Å². The highest BCUT2D eigenvalue weighted by molar-refractivity contribution is 5.86. The summed E-state index contributed by atoms with van der Waals surface area (Å²) in [5.74, 6) is -0.766. The van der Waals surface area contributed by atoms with Gasteiger partial charge in [-0.15, -0.1) is 0 Å². The van der Waals surface area contributed by atoms with Gasteiger partial charge in [0.25, 0.3) is 0 Å². The molecular formula is C27H30N2O4. The predicted molar refractivity (Wildman–Crippen MR) is 128 cm³/mol. The second-order valence-electron chi connectivity index (χ2n) is 8.66. The third-order valence-electron chi connectivity index (χ3n) is 6.31. The average Bonchev–Trinajstić information content (AvgIpc) is 3.11. The Morgan fingerprint density at radius 3 is 2.55 bits per heavy atom. The first-order valence-corrected chi connectivity index (χ1v) is 11.5. The molecule has 1 heterocycles. The molecule has 1 fully saturated rings.